The lowest BCUT2D eigenvalue weighted by Crippen LogP contribution is -2.39. The minimum absolute atomic E-state index is 0.0273. The Morgan fingerprint density at radius 1 is 1.35 bits per heavy atom. The Hall–Kier alpha value is -1.42. The van der Waals surface area contributed by atoms with Gasteiger partial charge in [0.1, 0.15) is 0 Å². The van der Waals surface area contributed by atoms with Gasteiger partial charge in [-0.2, -0.15) is 0 Å². The van der Waals surface area contributed by atoms with Gasteiger partial charge in [-0.1, -0.05) is 20.8 Å². The van der Waals surface area contributed by atoms with Crippen molar-refractivity contribution in [2.24, 2.45) is 17.1 Å². The topological polar surface area (TPSA) is 59.2 Å². The smallest absolute Gasteiger partial charge is 0.227 e. The molecular weight excluding hydrogens is 250 g/mol. The Morgan fingerprint density at radius 3 is 2.35 bits per heavy atom. The van der Waals surface area contributed by atoms with Crippen molar-refractivity contribution in [2.75, 3.05) is 13.6 Å². The van der Waals surface area contributed by atoms with Crippen molar-refractivity contribution < 1.29 is 4.79 Å². The molecule has 1 aromatic heterocycles. The van der Waals surface area contributed by atoms with Gasteiger partial charge < -0.3 is 10.6 Å². The molecular formula is C16H27N3O. The maximum Gasteiger partial charge on any atom is 0.227 e. The molecule has 0 aliphatic carbocycles. The number of nitrogens with zero attached hydrogens (tertiary/aromatic N) is 2. The molecule has 1 heterocycles. The molecule has 0 spiro atoms. The lowest BCUT2D eigenvalue weighted by Gasteiger charge is -2.31. The summed E-state index contributed by atoms with van der Waals surface area (Å²) >= 11 is 0. The molecule has 2 N–H and O–H groups in total. The molecule has 0 fully saturated rings. The summed E-state index contributed by atoms with van der Waals surface area (Å²) in [5, 5.41) is 0. The van der Waals surface area contributed by atoms with Crippen LogP contribution in [0.25, 0.3) is 0 Å². The van der Waals surface area contributed by atoms with E-state index in [1.165, 1.54) is 0 Å². The molecule has 0 aliphatic heterocycles. The number of pyridine rings is 1. The third kappa shape index (κ3) is 4.60. The maximum atomic E-state index is 12.6. The van der Waals surface area contributed by atoms with Crippen LogP contribution in [0.3, 0.4) is 0 Å². The minimum atomic E-state index is -0.121. The van der Waals surface area contributed by atoms with E-state index in [1.54, 1.807) is 17.3 Å². The molecule has 0 aliphatic rings. The summed E-state index contributed by atoms with van der Waals surface area (Å²) in [4.78, 5) is 18.4. The van der Waals surface area contributed by atoms with Crippen LogP contribution in [0, 0.1) is 11.3 Å². The lowest BCUT2D eigenvalue weighted by molar-refractivity contribution is -0.136. The predicted octanol–water partition coefficient (Wildman–Crippen LogP) is 2.61. The summed E-state index contributed by atoms with van der Waals surface area (Å²) in [5.41, 5.74) is 6.98. The van der Waals surface area contributed by atoms with Gasteiger partial charge >= 0.3 is 0 Å². The van der Waals surface area contributed by atoms with E-state index in [4.69, 9.17) is 5.73 Å². The van der Waals surface area contributed by atoms with E-state index >= 15 is 0 Å². The summed E-state index contributed by atoms with van der Waals surface area (Å²) < 4.78 is 0. The van der Waals surface area contributed by atoms with Crippen LogP contribution in [0.15, 0.2) is 24.5 Å². The van der Waals surface area contributed by atoms with Crippen LogP contribution in [0.1, 0.15) is 45.7 Å². The third-order valence-corrected chi connectivity index (χ3v) is 3.61. The van der Waals surface area contributed by atoms with Gasteiger partial charge in [-0.25, -0.2) is 0 Å². The number of carbonyl (C=O) groups is 1. The minimum Gasteiger partial charge on any atom is -0.339 e. The van der Waals surface area contributed by atoms with E-state index in [-0.39, 0.29) is 23.3 Å². The van der Waals surface area contributed by atoms with Gasteiger partial charge in [0.15, 0.2) is 0 Å². The number of carbonyl (C=O) groups excluding carboxylic acids is 1. The van der Waals surface area contributed by atoms with E-state index in [9.17, 15) is 4.79 Å². The summed E-state index contributed by atoms with van der Waals surface area (Å²) in [5.74, 6) is -0.00368. The SMILES string of the molecule is CC(c1ccncc1)N(C)C(=O)C(CN)CC(C)(C)C. The summed E-state index contributed by atoms with van der Waals surface area (Å²) in [7, 11) is 1.85. The Kier molecular flexibility index (Phi) is 5.69. The Bertz CT molecular complexity index is 425. The van der Waals surface area contributed by atoms with E-state index in [0.717, 1.165) is 12.0 Å². The molecule has 2 atom stereocenters. The van der Waals surface area contributed by atoms with E-state index in [1.807, 2.05) is 26.1 Å². The van der Waals surface area contributed by atoms with Crippen molar-refractivity contribution in [3.05, 3.63) is 30.1 Å². The van der Waals surface area contributed by atoms with E-state index < -0.39 is 0 Å². The molecule has 0 bridgehead atoms. The Labute approximate surface area is 122 Å². The highest BCUT2D eigenvalue weighted by Crippen LogP contribution is 2.27. The fourth-order valence-corrected chi connectivity index (χ4v) is 2.36. The molecule has 20 heavy (non-hydrogen) atoms. The Balaban J connectivity index is 2.79. The maximum absolute atomic E-state index is 12.6. The normalized spacial score (nSPS) is 14.7. The lowest BCUT2D eigenvalue weighted by atomic mass is 9.84. The van der Waals surface area contributed by atoms with Crippen LogP contribution in [-0.4, -0.2) is 29.4 Å². The van der Waals surface area contributed by atoms with E-state index in [2.05, 4.69) is 25.8 Å². The molecule has 1 aromatic rings. The van der Waals surface area contributed by atoms with Crippen LogP contribution in [0.4, 0.5) is 0 Å². The van der Waals surface area contributed by atoms with Gasteiger partial charge in [-0.05, 0) is 36.5 Å². The zero-order valence-corrected chi connectivity index (χ0v) is 13.3. The standard InChI is InChI=1S/C16H27N3O/c1-12(13-6-8-18-9-7-13)19(5)15(20)14(11-17)10-16(2,3)4/h6-9,12,14H,10-11,17H2,1-5H3. The average molecular weight is 277 g/mol. The summed E-state index contributed by atoms with van der Waals surface area (Å²) in [6.07, 6.45) is 4.30. The fraction of sp³-hybridized carbons (Fsp3) is 0.625. The first-order valence-electron chi connectivity index (χ1n) is 7.13. The third-order valence-electron chi connectivity index (χ3n) is 3.61. The van der Waals surface area contributed by atoms with Crippen molar-refractivity contribution in [3.8, 4) is 0 Å². The molecule has 0 radical (unpaired) electrons. The number of rotatable bonds is 5. The molecule has 112 valence electrons. The Morgan fingerprint density at radius 2 is 1.90 bits per heavy atom. The van der Waals surface area contributed by atoms with Crippen molar-refractivity contribution in [1.82, 2.24) is 9.88 Å². The van der Waals surface area contributed by atoms with Crippen LogP contribution in [0.2, 0.25) is 0 Å². The fourth-order valence-electron chi connectivity index (χ4n) is 2.36. The van der Waals surface area contributed by atoms with Crippen LogP contribution in [0.5, 0.6) is 0 Å². The summed E-state index contributed by atoms with van der Waals surface area (Å²) in [6, 6.07) is 3.91. The molecule has 4 nitrogen and oxygen atoms in total. The first-order chi connectivity index (χ1) is 9.26. The molecule has 0 saturated heterocycles. The van der Waals surface area contributed by atoms with Gasteiger partial charge in [0, 0.05) is 26.0 Å². The molecule has 2 unspecified atom stereocenters. The molecule has 1 amide bonds. The molecule has 1 rings (SSSR count). The molecule has 4 heteroatoms. The van der Waals surface area contributed by atoms with Gasteiger partial charge in [-0.15, -0.1) is 0 Å². The zero-order chi connectivity index (χ0) is 15.3. The summed E-state index contributed by atoms with van der Waals surface area (Å²) in [6.45, 7) is 8.82. The molecule has 0 saturated carbocycles. The number of aromatic nitrogens is 1. The van der Waals surface area contributed by atoms with Gasteiger partial charge in [0.25, 0.3) is 0 Å². The van der Waals surface area contributed by atoms with Crippen LogP contribution in [-0.2, 0) is 4.79 Å². The van der Waals surface area contributed by atoms with E-state index in [0.29, 0.717) is 6.54 Å². The second kappa shape index (κ2) is 6.84. The number of hydrogen-bond acceptors (Lipinski definition) is 3. The first-order valence-corrected chi connectivity index (χ1v) is 7.13. The predicted molar refractivity (Wildman–Crippen MR) is 82.0 cm³/mol. The number of hydrogen-bond donors (Lipinski definition) is 1. The highest BCUT2D eigenvalue weighted by atomic mass is 16.2. The van der Waals surface area contributed by atoms with Gasteiger partial charge in [0.2, 0.25) is 5.91 Å². The quantitative estimate of drug-likeness (QED) is 0.900. The van der Waals surface area contributed by atoms with Crippen molar-refractivity contribution in [3.63, 3.8) is 0 Å². The zero-order valence-electron chi connectivity index (χ0n) is 13.3. The average Bonchev–Trinajstić information content (AvgIpc) is 2.42. The highest BCUT2D eigenvalue weighted by molar-refractivity contribution is 5.79. The second-order valence-electron chi connectivity index (χ2n) is 6.60. The van der Waals surface area contributed by atoms with Crippen molar-refractivity contribution in [1.29, 1.82) is 0 Å². The molecule has 0 aromatic carbocycles. The van der Waals surface area contributed by atoms with Crippen molar-refractivity contribution >= 4 is 5.91 Å². The van der Waals surface area contributed by atoms with Crippen molar-refractivity contribution in [2.45, 2.75) is 40.2 Å². The number of amides is 1. The van der Waals surface area contributed by atoms with Crippen LogP contribution < -0.4 is 5.73 Å². The van der Waals surface area contributed by atoms with Gasteiger partial charge in [0.05, 0.1) is 12.0 Å². The van der Waals surface area contributed by atoms with Crippen LogP contribution >= 0.6 is 0 Å². The largest absolute Gasteiger partial charge is 0.339 e. The van der Waals surface area contributed by atoms with Gasteiger partial charge in [-0.3, -0.25) is 9.78 Å². The number of nitrogens with two attached hydrogens (primary N) is 1. The monoisotopic (exact) mass is 277 g/mol. The highest BCUT2D eigenvalue weighted by Gasteiger charge is 2.28. The first kappa shape index (κ1) is 16.6. The second-order valence-corrected chi connectivity index (χ2v) is 6.60.